The summed E-state index contributed by atoms with van der Waals surface area (Å²) in [6.45, 7) is 2.55. The molecule has 0 saturated heterocycles. The maximum absolute atomic E-state index is 9.51. The molecule has 0 spiro atoms. The van der Waals surface area contributed by atoms with E-state index < -0.39 is 0 Å². The van der Waals surface area contributed by atoms with Gasteiger partial charge in [-0.3, -0.25) is 0 Å². The summed E-state index contributed by atoms with van der Waals surface area (Å²) in [5.74, 6) is 0.588. The van der Waals surface area contributed by atoms with E-state index in [1.165, 1.54) is 0 Å². The molecule has 0 aliphatic rings. The van der Waals surface area contributed by atoms with E-state index in [0.717, 1.165) is 17.3 Å². The summed E-state index contributed by atoms with van der Waals surface area (Å²) in [4.78, 5) is 4.45. The van der Waals surface area contributed by atoms with E-state index in [1.54, 1.807) is 0 Å². The molecule has 1 unspecified atom stereocenters. The van der Waals surface area contributed by atoms with Gasteiger partial charge >= 0.3 is 0 Å². The van der Waals surface area contributed by atoms with Crippen molar-refractivity contribution in [1.29, 1.82) is 5.26 Å². The fourth-order valence-corrected chi connectivity index (χ4v) is 1.90. The Morgan fingerprint density at radius 2 is 2.21 bits per heavy atom. The molecular formula is C15H17N3O. The van der Waals surface area contributed by atoms with E-state index in [4.69, 9.17) is 5.26 Å². The van der Waals surface area contributed by atoms with Crippen molar-refractivity contribution in [2.45, 2.75) is 25.9 Å². The maximum Gasteiger partial charge on any atom is 0.144 e. The number of anilines is 1. The number of hydrogen-bond donors (Lipinski definition) is 2. The van der Waals surface area contributed by atoms with E-state index in [-0.39, 0.29) is 6.10 Å². The fourth-order valence-electron chi connectivity index (χ4n) is 1.90. The number of fused-ring (bicyclic) bond motifs is 1. The first-order chi connectivity index (χ1) is 9.24. The number of aromatic nitrogens is 1. The van der Waals surface area contributed by atoms with Crippen LogP contribution in [0.4, 0.5) is 5.82 Å². The molecule has 0 saturated carbocycles. The van der Waals surface area contributed by atoms with E-state index in [9.17, 15) is 5.11 Å². The number of nitriles is 1. The molecule has 2 rings (SSSR count). The molecule has 0 amide bonds. The smallest absolute Gasteiger partial charge is 0.144 e. The molecule has 1 aromatic carbocycles. The van der Waals surface area contributed by atoms with Gasteiger partial charge in [0.05, 0.1) is 17.2 Å². The summed E-state index contributed by atoms with van der Waals surface area (Å²) < 4.78 is 0. The normalized spacial score (nSPS) is 12.1. The minimum Gasteiger partial charge on any atom is -0.393 e. The number of benzene rings is 1. The number of aliphatic hydroxyl groups is 1. The minimum atomic E-state index is -0.307. The van der Waals surface area contributed by atoms with E-state index in [1.807, 2.05) is 37.3 Å². The first-order valence-electron chi connectivity index (χ1n) is 6.46. The molecule has 1 aromatic heterocycles. The molecule has 0 fully saturated rings. The second-order valence-electron chi connectivity index (χ2n) is 4.47. The van der Waals surface area contributed by atoms with Crippen molar-refractivity contribution < 1.29 is 5.11 Å². The summed E-state index contributed by atoms with van der Waals surface area (Å²) in [5, 5.41) is 22.7. The van der Waals surface area contributed by atoms with Crippen molar-refractivity contribution in [3.05, 3.63) is 35.9 Å². The Bertz CT molecular complexity index is 604. The average molecular weight is 255 g/mol. The van der Waals surface area contributed by atoms with Gasteiger partial charge in [-0.15, -0.1) is 0 Å². The third-order valence-electron chi connectivity index (χ3n) is 3.09. The number of nitrogens with zero attached hydrogens (tertiary/aromatic N) is 2. The zero-order chi connectivity index (χ0) is 13.7. The zero-order valence-electron chi connectivity index (χ0n) is 10.9. The Morgan fingerprint density at radius 3 is 2.95 bits per heavy atom. The van der Waals surface area contributed by atoms with Gasteiger partial charge in [0.2, 0.25) is 0 Å². The van der Waals surface area contributed by atoms with Gasteiger partial charge in [-0.2, -0.15) is 5.26 Å². The first kappa shape index (κ1) is 13.3. The Hall–Kier alpha value is -2.12. The molecular weight excluding hydrogens is 238 g/mol. The van der Waals surface area contributed by atoms with Crippen LogP contribution in [0.2, 0.25) is 0 Å². The number of para-hydroxylation sites is 1. The van der Waals surface area contributed by atoms with Crippen molar-refractivity contribution in [2.75, 3.05) is 11.9 Å². The lowest BCUT2D eigenvalue weighted by Crippen LogP contribution is -2.13. The number of pyridine rings is 1. The summed E-state index contributed by atoms with van der Waals surface area (Å²) in [7, 11) is 0. The molecule has 0 aliphatic heterocycles. The number of nitrogens with one attached hydrogen (secondary N) is 1. The van der Waals surface area contributed by atoms with Crippen LogP contribution in [0.3, 0.4) is 0 Å². The molecule has 19 heavy (non-hydrogen) atoms. The molecule has 0 bridgehead atoms. The molecule has 2 aromatic rings. The molecule has 2 N–H and O–H groups in total. The van der Waals surface area contributed by atoms with Crippen LogP contribution in [-0.2, 0) is 0 Å². The monoisotopic (exact) mass is 255 g/mol. The molecule has 98 valence electrons. The molecule has 4 heteroatoms. The van der Waals surface area contributed by atoms with Crippen molar-refractivity contribution in [3.8, 4) is 6.07 Å². The Morgan fingerprint density at radius 1 is 1.42 bits per heavy atom. The minimum absolute atomic E-state index is 0.307. The second kappa shape index (κ2) is 6.17. The lowest BCUT2D eigenvalue weighted by atomic mass is 10.1. The zero-order valence-corrected chi connectivity index (χ0v) is 10.9. The van der Waals surface area contributed by atoms with Crippen LogP contribution in [0.25, 0.3) is 10.9 Å². The quantitative estimate of drug-likeness (QED) is 0.861. The van der Waals surface area contributed by atoms with Gasteiger partial charge in [0.1, 0.15) is 11.9 Å². The maximum atomic E-state index is 9.51. The average Bonchev–Trinajstić information content (AvgIpc) is 2.46. The van der Waals surface area contributed by atoms with Crippen LogP contribution in [0.5, 0.6) is 0 Å². The van der Waals surface area contributed by atoms with Gasteiger partial charge in [-0.1, -0.05) is 25.1 Å². The highest BCUT2D eigenvalue weighted by Gasteiger charge is 2.07. The van der Waals surface area contributed by atoms with Crippen molar-refractivity contribution in [2.24, 2.45) is 0 Å². The summed E-state index contributed by atoms with van der Waals surface area (Å²) >= 11 is 0. The highest BCUT2D eigenvalue weighted by atomic mass is 16.3. The molecule has 4 nitrogen and oxygen atoms in total. The van der Waals surface area contributed by atoms with Crippen molar-refractivity contribution in [3.63, 3.8) is 0 Å². The van der Waals surface area contributed by atoms with Gasteiger partial charge < -0.3 is 10.4 Å². The number of aliphatic hydroxyl groups excluding tert-OH is 1. The van der Waals surface area contributed by atoms with Crippen LogP contribution in [-0.4, -0.2) is 22.7 Å². The highest BCUT2D eigenvalue weighted by molar-refractivity contribution is 5.82. The predicted molar refractivity (Wildman–Crippen MR) is 75.9 cm³/mol. The van der Waals surface area contributed by atoms with Crippen LogP contribution in [0.15, 0.2) is 30.3 Å². The van der Waals surface area contributed by atoms with Crippen molar-refractivity contribution >= 4 is 16.7 Å². The lowest BCUT2D eigenvalue weighted by Gasteiger charge is -2.11. The summed E-state index contributed by atoms with van der Waals surface area (Å²) in [6, 6.07) is 11.7. The van der Waals surface area contributed by atoms with Crippen molar-refractivity contribution in [1.82, 2.24) is 4.98 Å². The second-order valence-corrected chi connectivity index (χ2v) is 4.47. The van der Waals surface area contributed by atoms with Crippen LogP contribution in [0, 0.1) is 11.3 Å². The molecule has 0 radical (unpaired) electrons. The van der Waals surface area contributed by atoms with Gasteiger partial charge in [0.25, 0.3) is 0 Å². The standard InChI is InChI=1S/C15H17N3O/c1-2-13(19)7-8-17-15-12(10-16)9-11-5-3-4-6-14(11)18-15/h3-6,9,13,19H,2,7-8H2,1H3,(H,17,18). The topological polar surface area (TPSA) is 68.9 Å². The van der Waals surface area contributed by atoms with Crippen LogP contribution < -0.4 is 5.32 Å². The Labute approximate surface area is 112 Å². The molecule has 1 atom stereocenters. The lowest BCUT2D eigenvalue weighted by molar-refractivity contribution is 0.164. The van der Waals surface area contributed by atoms with Gasteiger partial charge in [-0.05, 0) is 25.0 Å². The number of hydrogen-bond acceptors (Lipinski definition) is 4. The van der Waals surface area contributed by atoms with Crippen LogP contribution >= 0.6 is 0 Å². The van der Waals surface area contributed by atoms with E-state index in [0.29, 0.717) is 24.3 Å². The van der Waals surface area contributed by atoms with E-state index in [2.05, 4.69) is 16.4 Å². The van der Waals surface area contributed by atoms with Gasteiger partial charge in [0, 0.05) is 11.9 Å². The van der Waals surface area contributed by atoms with Gasteiger partial charge in [0.15, 0.2) is 0 Å². The van der Waals surface area contributed by atoms with E-state index >= 15 is 0 Å². The van der Waals surface area contributed by atoms with Crippen LogP contribution in [0.1, 0.15) is 25.3 Å². The third kappa shape index (κ3) is 3.21. The molecule has 1 heterocycles. The number of rotatable bonds is 5. The summed E-state index contributed by atoms with van der Waals surface area (Å²) in [6.07, 6.45) is 1.08. The molecule has 0 aliphatic carbocycles. The Kier molecular flexibility index (Phi) is 4.32. The first-order valence-corrected chi connectivity index (χ1v) is 6.46. The Balaban J connectivity index is 2.19. The fraction of sp³-hybridized carbons (Fsp3) is 0.333. The van der Waals surface area contributed by atoms with Gasteiger partial charge in [-0.25, -0.2) is 4.98 Å². The largest absolute Gasteiger partial charge is 0.393 e. The SMILES string of the molecule is CCC(O)CCNc1nc2ccccc2cc1C#N. The predicted octanol–water partition coefficient (Wildman–Crippen LogP) is 2.68. The third-order valence-corrected chi connectivity index (χ3v) is 3.09. The summed E-state index contributed by atoms with van der Waals surface area (Å²) in [5.41, 5.74) is 1.39. The highest BCUT2D eigenvalue weighted by Crippen LogP contribution is 2.19.